The summed E-state index contributed by atoms with van der Waals surface area (Å²) in [4.78, 5) is 38.3. The van der Waals surface area contributed by atoms with Crippen LogP contribution in [0.1, 0.15) is 21.6 Å². The van der Waals surface area contributed by atoms with Crippen molar-refractivity contribution in [2.24, 2.45) is 5.73 Å². The number of aromatic hydroxyl groups is 1. The first kappa shape index (κ1) is 20.3. The number of nitrogens with one attached hydrogen (secondary N) is 1. The third-order valence-electron chi connectivity index (χ3n) is 4.79. The number of aliphatic carboxylic acids is 1. The summed E-state index contributed by atoms with van der Waals surface area (Å²) in [5.74, 6) is -1.95. The van der Waals surface area contributed by atoms with Gasteiger partial charge >= 0.3 is 5.97 Å². The molecule has 2 aromatic rings. The van der Waals surface area contributed by atoms with E-state index >= 15 is 0 Å². The minimum absolute atomic E-state index is 0.0455. The molecule has 1 fully saturated rings. The number of carboxylic acids is 1. The second-order valence-corrected chi connectivity index (χ2v) is 9.01. The molecular formula is C18H17N5O5S2. The zero-order chi connectivity index (χ0) is 21.6. The van der Waals surface area contributed by atoms with E-state index in [0.29, 0.717) is 26.9 Å². The first-order valence-electron chi connectivity index (χ1n) is 8.84. The summed E-state index contributed by atoms with van der Waals surface area (Å²) in [6.45, 7) is 1.76. The van der Waals surface area contributed by atoms with Crippen molar-refractivity contribution >= 4 is 46.5 Å². The van der Waals surface area contributed by atoms with Crippen LogP contribution >= 0.6 is 23.1 Å². The summed E-state index contributed by atoms with van der Waals surface area (Å²) in [7, 11) is 0. The first-order valence-corrected chi connectivity index (χ1v) is 10.7. The lowest BCUT2D eigenvalue weighted by atomic mass is 10.0. The molecule has 2 aliphatic rings. The molecule has 3 atom stereocenters. The monoisotopic (exact) mass is 447 g/mol. The van der Waals surface area contributed by atoms with Crippen LogP contribution in [0.4, 0.5) is 0 Å². The highest BCUT2D eigenvalue weighted by atomic mass is 32.2. The summed E-state index contributed by atoms with van der Waals surface area (Å²) >= 11 is 2.60. The molecule has 5 N–H and O–H groups in total. The Morgan fingerprint density at radius 2 is 2.00 bits per heavy atom. The topological polar surface area (TPSA) is 159 Å². The summed E-state index contributed by atoms with van der Waals surface area (Å²) in [5, 5.41) is 30.2. The minimum atomic E-state index is -1.23. The predicted octanol–water partition coefficient (Wildman–Crippen LogP) is 0.448. The largest absolute Gasteiger partial charge is 0.508 e. The molecule has 0 saturated carbocycles. The van der Waals surface area contributed by atoms with Crippen LogP contribution in [0.15, 0.2) is 30.0 Å². The Morgan fingerprint density at radius 3 is 2.60 bits per heavy atom. The second kappa shape index (κ2) is 7.70. The van der Waals surface area contributed by atoms with Crippen molar-refractivity contribution in [1.82, 2.24) is 20.4 Å². The molecule has 4 rings (SSSR count). The molecule has 1 aromatic heterocycles. The SMILES string of the molecule is Cc1nnc(C2=C(C(=O)O)N3C(=O)C(NC(=O)C(N)c4ccc(O)cc4)[C@H]3SC2)s1. The lowest BCUT2D eigenvalue weighted by molar-refractivity contribution is -0.150. The van der Waals surface area contributed by atoms with Crippen molar-refractivity contribution in [3.63, 3.8) is 0 Å². The van der Waals surface area contributed by atoms with E-state index in [0.717, 1.165) is 0 Å². The number of phenolic OH excluding ortho intramolecular Hbond substituents is 1. The predicted molar refractivity (Wildman–Crippen MR) is 109 cm³/mol. The Labute approximate surface area is 178 Å². The maximum Gasteiger partial charge on any atom is 0.353 e. The van der Waals surface area contributed by atoms with E-state index in [-0.39, 0.29) is 11.4 Å². The molecular weight excluding hydrogens is 430 g/mol. The Morgan fingerprint density at radius 1 is 1.30 bits per heavy atom. The van der Waals surface area contributed by atoms with Crippen molar-refractivity contribution in [1.29, 1.82) is 0 Å². The first-order chi connectivity index (χ1) is 14.3. The molecule has 30 heavy (non-hydrogen) atoms. The quantitative estimate of drug-likeness (QED) is 0.477. The molecule has 0 aliphatic carbocycles. The average molecular weight is 447 g/mol. The Kier molecular flexibility index (Phi) is 5.22. The van der Waals surface area contributed by atoms with Gasteiger partial charge in [-0.05, 0) is 24.6 Å². The van der Waals surface area contributed by atoms with E-state index in [1.54, 1.807) is 6.92 Å². The van der Waals surface area contributed by atoms with Gasteiger partial charge in [-0.3, -0.25) is 14.5 Å². The molecule has 10 nitrogen and oxygen atoms in total. The molecule has 1 aromatic carbocycles. The average Bonchev–Trinajstić information content (AvgIpc) is 3.16. The van der Waals surface area contributed by atoms with Gasteiger partial charge in [-0.1, -0.05) is 23.5 Å². The number of amides is 2. The Bertz CT molecular complexity index is 1070. The number of rotatable bonds is 5. The smallest absolute Gasteiger partial charge is 0.353 e. The van der Waals surface area contributed by atoms with E-state index in [4.69, 9.17) is 5.73 Å². The maximum atomic E-state index is 12.7. The lowest BCUT2D eigenvalue weighted by Gasteiger charge is -2.49. The second-order valence-electron chi connectivity index (χ2n) is 6.72. The molecule has 2 amide bonds. The van der Waals surface area contributed by atoms with E-state index in [2.05, 4.69) is 15.5 Å². The minimum Gasteiger partial charge on any atom is -0.508 e. The number of thioether (sulfide) groups is 1. The van der Waals surface area contributed by atoms with Crippen LogP contribution in [0.25, 0.3) is 5.57 Å². The summed E-state index contributed by atoms with van der Waals surface area (Å²) in [6, 6.07) is 3.96. The van der Waals surface area contributed by atoms with Crippen LogP contribution in [0.3, 0.4) is 0 Å². The highest BCUT2D eigenvalue weighted by molar-refractivity contribution is 8.00. The summed E-state index contributed by atoms with van der Waals surface area (Å²) in [5.41, 5.74) is 6.75. The third kappa shape index (κ3) is 3.42. The highest BCUT2D eigenvalue weighted by Gasteiger charge is 2.54. The van der Waals surface area contributed by atoms with Gasteiger partial charge in [0.1, 0.15) is 38.9 Å². The molecule has 0 radical (unpaired) electrons. The summed E-state index contributed by atoms with van der Waals surface area (Å²) < 4.78 is 0. The number of carbonyl (C=O) groups excluding carboxylic acids is 2. The number of aryl methyl sites for hydroxylation is 1. The normalized spacial score (nSPS) is 21.7. The zero-order valence-corrected chi connectivity index (χ0v) is 17.2. The van der Waals surface area contributed by atoms with Gasteiger partial charge in [-0.15, -0.1) is 22.0 Å². The number of benzene rings is 1. The van der Waals surface area contributed by atoms with E-state index < -0.39 is 35.2 Å². The van der Waals surface area contributed by atoms with Gasteiger partial charge in [0.25, 0.3) is 5.91 Å². The zero-order valence-electron chi connectivity index (χ0n) is 15.6. The molecule has 2 aliphatic heterocycles. The molecule has 12 heteroatoms. The molecule has 2 unspecified atom stereocenters. The van der Waals surface area contributed by atoms with Crippen molar-refractivity contribution < 1.29 is 24.6 Å². The van der Waals surface area contributed by atoms with Gasteiger partial charge in [-0.25, -0.2) is 4.79 Å². The standard InChI is InChI=1S/C18H17N5O5S2/c1-7-21-22-15(30-7)10-6-29-17-12(16(26)23(17)13(10)18(27)28)20-14(25)11(19)8-2-4-9(24)5-3-8/h2-5,11-12,17,24H,6,19H2,1H3,(H,20,25)(H,27,28)/t11?,12?,17-/m1/s1. The van der Waals surface area contributed by atoms with Gasteiger partial charge in [0, 0.05) is 11.3 Å². The van der Waals surface area contributed by atoms with Gasteiger partial charge in [0.05, 0.1) is 0 Å². The van der Waals surface area contributed by atoms with Crippen molar-refractivity contribution in [3.8, 4) is 5.75 Å². The number of hydrogen-bond donors (Lipinski definition) is 4. The molecule has 3 heterocycles. The van der Waals surface area contributed by atoms with Crippen molar-refractivity contribution in [3.05, 3.63) is 45.5 Å². The van der Waals surface area contributed by atoms with Crippen LogP contribution in [0.5, 0.6) is 5.75 Å². The van der Waals surface area contributed by atoms with E-state index in [1.807, 2.05) is 0 Å². The number of nitrogens with two attached hydrogens (primary N) is 1. The van der Waals surface area contributed by atoms with Crippen molar-refractivity contribution in [2.75, 3.05) is 5.75 Å². The number of β-lactam (4-membered cyclic amide) rings is 1. The maximum absolute atomic E-state index is 12.7. The van der Waals surface area contributed by atoms with Crippen LogP contribution in [0.2, 0.25) is 0 Å². The third-order valence-corrected chi connectivity index (χ3v) is 6.97. The lowest BCUT2D eigenvalue weighted by Crippen LogP contribution is -2.71. The number of hydrogen-bond acceptors (Lipinski definition) is 9. The number of carboxylic acid groups (broad SMARTS) is 1. The molecule has 0 spiro atoms. The van der Waals surface area contributed by atoms with Crippen LogP contribution in [-0.2, 0) is 14.4 Å². The van der Waals surface area contributed by atoms with Crippen molar-refractivity contribution in [2.45, 2.75) is 24.4 Å². The van der Waals surface area contributed by atoms with Crippen LogP contribution in [0, 0.1) is 6.92 Å². The number of phenols is 1. The molecule has 0 bridgehead atoms. The summed E-state index contributed by atoms with van der Waals surface area (Å²) in [6.07, 6.45) is 0. The number of carbonyl (C=O) groups is 3. The van der Waals surface area contributed by atoms with Gasteiger partial charge in [0.15, 0.2) is 0 Å². The highest BCUT2D eigenvalue weighted by Crippen LogP contribution is 2.43. The van der Waals surface area contributed by atoms with Crippen LogP contribution < -0.4 is 11.1 Å². The number of fused-ring (bicyclic) bond motifs is 1. The van der Waals surface area contributed by atoms with Gasteiger partial charge < -0.3 is 21.3 Å². The fraction of sp³-hybridized carbons (Fsp3) is 0.278. The fourth-order valence-corrected chi connectivity index (χ4v) is 5.45. The molecule has 1 saturated heterocycles. The van der Waals surface area contributed by atoms with Gasteiger partial charge in [0.2, 0.25) is 5.91 Å². The van der Waals surface area contributed by atoms with E-state index in [1.165, 1.54) is 52.3 Å². The van der Waals surface area contributed by atoms with Crippen LogP contribution in [-0.4, -0.2) is 60.3 Å². The Balaban J connectivity index is 1.53. The number of nitrogens with zero attached hydrogens (tertiary/aromatic N) is 3. The number of aromatic nitrogens is 2. The Hall–Kier alpha value is -2.96. The van der Waals surface area contributed by atoms with Gasteiger partial charge in [-0.2, -0.15) is 0 Å². The van der Waals surface area contributed by atoms with E-state index in [9.17, 15) is 24.6 Å². The fourth-order valence-electron chi connectivity index (χ4n) is 3.28. The molecule has 156 valence electrons.